The number of benzene rings is 1. The van der Waals surface area contributed by atoms with Crippen molar-refractivity contribution in [3.63, 3.8) is 0 Å². The molecule has 0 aromatic heterocycles. The van der Waals surface area contributed by atoms with E-state index in [1.165, 1.54) is 0 Å². The summed E-state index contributed by atoms with van der Waals surface area (Å²) >= 11 is 0. The minimum Gasteiger partial charge on any atom is -0.406 e. The Bertz CT molecular complexity index is 499. The molecule has 0 radical (unpaired) electrons. The van der Waals surface area contributed by atoms with E-state index >= 15 is 0 Å². The Balaban J connectivity index is 2.37. The smallest absolute Gasteiger partial charge is 0.347 e. The third-order valence-electron chi connectivity index (χ3n) is 2.71. The van der Waals surface area contributed by atoms with Crippen LogP contribution in [0.1, 0.15) is 5.56 Å². The van der Waals surface area contributed by atoms with E-state index in [2.05, 4.69) is 16.3 Å². The molecule has 0 bridgehead atoms. The Morgan fingerprint density at radius 2 is 2.06 bits per heavy atom. The van der Waals surface area contributed by atoms with E-state index in [0.29, 0.717) is 5.56 Å². The molecule has 1 atom stereocenters. The fourth-order valence-corrected chi connectivity index (χ4v) is 1.77. The molecule has 1 aliphatic heterocycles. The van der Waals surface area contributed by atoms with Crippen LogP contribution in [0.3, 0.4) is 0 Å². The number of aliphatic imine (C=N–C) groups is 1. The van der Waals surface area contributed by atoms with E-state index in [4.69, 9.17) is 0 Å². The molecule has 1 aromatic rings. The standard InChI is InChI=1S/C13H11F2NO2/c1-2-10-16-13(11(14)15,12(17)18-10)8-9-6-4-3-5-7-9/h2-7,11H,1,8H2/t13-/m1/s1. The Morgan fingerprint density at radius 3 is 2.56 bits per heavy atom. The van der Waals surface area contributed by atoms with Crippen LogP contribution in [0.2, 0.25) is 0 Å². The molecule has 0 saturated carbocycles. The van der Waals surface area contributed by atoms with Crippen molar-refractivity contribution in [3.05, 3.63) is 48.6 Å². The van der Waals surface area contributed by atoms with Gasteiger partial charge in [0.1, 0.15) is 0 Å². The second-order valence-electron chi connectivity index (χ2n) is 3.93. The van der Waals surface area contributed by atoms with E-state index in [-0.39, 0.29) is 12.3 Å². The van der Waals surface area contributed by atoms with Crippen LogP contribution in [0.5, 0.6) is 0 Å². The highest BCUT2D eigenvalue weighted by molar-refractivity contribution is 6.05. The maximum Gasteiger partial charge on any atom is 0.347 e. The number of hydrogen-bond acceptors (Lipinski definition) is 3. The lowest BCUT2D eigenvalue weighted by molar-refractivity contribution is -0.144. The largest absolute Gasteiger partial charge is 0.406 e. The molecule has 18 heavy (non-hydrogen) atoms. The molecule has 1 aliphatic rings. The van der Waals surface area contributed by atoms with Crippen LogP contribution < -0.4 is 0 Å². The normalized spacial score (nSPS) is 22.8. The lowest BCUT2D eigenvalue weighted by atomic mass is 9.92. The molecule has 0 fully saturated rings. The average Bonchev–Trinajstić information content (AvgIpc) is 2.69. The number of halogens is 2. The molecule has 0 unspecified atom stereocenters. The fraction of sp³-hybridized carbons (Fsp3) is 0.231. The Labute approximate surface area is 103 Å². The molecule has 94 valence electrons. The van der Waals surface area contributed by atoms with Gasteiger partial charge in [-0.3, -0.25) is 0 Å². The number of carbonyl (C=O) groups excluding carboxylic acids is 1. The summed E-state index contributed by atoms with van der Waals surface area (Å²) in [6.45, 7) is 3.36. The summed E-state index contributed by atoms with van der Waals surface area (Å²) < 4.78 is 31.1. The van der Waals surface area contributed by atoms with Gasteiger partial charge in [0.2, 0.25) is 11.4 Å². The summed E-state index contributed by atoms with van der Waals surface area (Å²) in [6.07, 6.45) is -1.98. The van der Waals surface area contributed by atoms with Crippen LogP contribution in [0.4, 0.5) is 8.78 Å². The zero-order valence-electron chi connectivity index (χ0n) is 9.48. The monoisotopic (exact) mass is 251 g/mol. The highest BCUT2D eigenvalue weighted by Crippen LogP contribution is 2.31. The molecule has 0 spiro atoms. The third-order valence-corrected chi connectivity index (χ3v) is 2.71. The summed E-state index contributed by atoms with van der Waals surface area (Å²) in [5, 5.41) is 0. The van der Waals surface area contributed by atoms with Gasteiger partial charge < -0.3 is 4.74 Å². The Morgan fingerprint density at radius 1 is 1.39 bits per heavy atom. The predicted molar refractivity (Wildman–Crippen MR) is 62.6 cm³/mol. The van der Waals surface area contributed by atoms with Crippen molar-refractivity contribution in [2.75, 3.05) is 0 Å². The molecule has 2 rings (SSSR count). The number of esters is 1. The molecule has 0 saturated heterocycles. The van der Waals surface area contributed by atoms with Gasteiger partial charge in [-0.15, -0.1) is 0 Å². The van der Waals surface area contributed by atoms with Crippen molar-refractivity contribution in [1.82, 2.24) is 0 Å². The van der Waals surface area contributed by atoms with E-state index in [1.807, 2.05) is 0 Å². The summed E-state index contributed by atoms with van der Waals surface area (Å²) in [4.78, 5) is 15.3. The van der Waals surface area contributed by atoms with Crippen molar-refractivity contribution in [2.24, 2.45) is 4.99 Å². The maximum absolute atomic E-state index is 13.2. The predicted octanol–water partition coefficient (Wildman–Crippen LogP) is 2.37. The Hall–Kier alpha value is -2.04. The van der Waals surface area contributed by atoms with E-state index < -0.39 is 17.9 Å². The molecule has 1 aromatic carbocycles. The van der Waals surface area contributed by atoms with Gasteiger partial charge in [0.05, 0.1) is 0 Å². The van der Waals surface area contributed by atoms with Crippen LogP contribution in [-0.4, -0.2) is 23.8 Å². The number of cyclic esters (lactones) is 1. The van der Waals surface area contributed by atoms with Crippen molar-refractivity contribution < 1.29 is 18.3 Å². The van der Waals surface area contributed by atoms with Crippen LogP contribution in [0, 0.1) is 0 Å². The Kier molecular flexibility index (Phi) is 3.23. The minimum absolute atomic E-state index is 0.156. The molecular weight excluding hydrogens is 240 g/mol. The number of ether oxygens (including phenoxy) is 1. The van der Waals surface area contributed by atoms with Crippen molar-refractivity contribution in [2.45, 2.75) is 18.4 Å². The van der Waals surface area contributed by atoms with Gasteiger partial charge >= 0.3 is 5.97 Å². The van der Waals surface area contributed by atoms with Crippen LogP contribution in [-0.2, 0) is 16.0 Å². The van der Waals surface area contributed by atoms with Gasteiger partial charge in [0.15, 0.2) is 0 Å². The summed E-state index contributed by atoms with van der Waals surface area (Å²) in [5.74, 6) is -1.19. The van der Waals surface area contributed by atoms with E-state index in [9.17, 15) is 13.6 Å². The van der Waals surface area contributed by atoms with Crippen LogP contribution in [0.25, 0.3) is 0 Å². The maximum atomic E-state index is 13.2. The number of hydrogen-bond donors (Lipinski definition) is 0. The first-order valence-corrected chi connectivity index (χ1v) is 5.35. The quantitative estimate of drug-likeness (QED) is 0.770. The molecular formula is C13H11F2NO2. The van der Waals surface area contributed by atoms with Crippen LogP contribution >= 0.6 is 0 Å². The van der Waals surface area contributed by atoms with Gasteiger partial charge in [0.25, 0.3) is 6.43 Å². The fourth-order valence-electron chi connectivity index (χ4n) is 1.77. The lowest BCUT2D eigenvalue weighted by Crippen LogP contribution is -2.43. The second-order valence-corrected chi connectivity index (χ2v) is 3.93. The van der Waals surface area contributed by atoms with Gasteiger partial charge in [0, 0.05) is 6.42 Å². The first kappa shape index (κ1) is 12.4. The zero-order chi connectivity index (χ0) is 13.2. The first-order valence-electron chi connectivity index (χ1n) is 5.35. The van der Waals surface area contributed by atoms with Gasteiger partial charge in [-0.2, -0.15) is 0 Å². The number of nitrogens with zero attached hydrogens (tertiary/aromatic N) is 1. The average molecular weight is 251 g/mol. The van der Waals surface area contributed by atoms with Gasteiger partial charge in [-0.1, -0.05) is 36.9 Å². The molecule has 0 N–H and O–H groups in total. The number of rotatable bonds is 4. The summed E-state index contributed by atoms with van der Waals surface area (Å²) in [7, 11) is 0. The van der Waals surface area contributed by atoms with Crippen molar-refractivity contribution in [1.29, 1.82) is 0 Å². The third kappa shape index (κ3) is 2.03. The van der Waals surface area contributed by atoms with E-state index in [0.717, 1.165) is 6.08 Å². The molecule has 3 nitrogen and oxygen atoms in total. The zero-order valence-corrected chi connectivity index (χ0v) is 9.48. The molecule has 0 amide bonds. The van der Waals surface area contributed by atoms with Crippen molar-refractivity contribution in [3.8, 4) is 0 Å². The highest BCUT2D eigenvalue weighted by atomic mass is 19.3. The second kappa shape index (κ2) is 4.68. The van der Waals surface area contributed by atoms with Crippen LogP contribution in [0.15, 0.2) is 48.0 Å². The van der Waals surface area contributed by atoms with Gasteiger partial charge in [-0.05, 0) is 11.6 Å². The van der Waals surface area contributed by atoms with Gasteiger partial charge in [-0.25, -0.2) is 18.6 Å². The highest BCUT2D eigenvalue weighted by Gasteiger charge is 2.53. The van der Waals surface area contributed by atoms with E-state index in [1.54, 1.807) is 30.3 Å². The SMILES string of the molecule is C=CC1=N[C@](Cc2ccccc2)(C(F)F)C(=O)O1. The molecule has 5 heteroatoms. The topological polar surface area (TPSA) is 38.7 Å². The molecule has 0 aliphatic carbocycles. The molecule has 1 heterocycles. The summed E-state index contributed by atoms with van der Waals surface area (Å²) in [5.41, 5.74) is -1.55. The minimum atomic E-state index is -2.93. The number of alkyl halides is 2. The number of carbonyl (C=O) groups is 1. The summed E-state index contributed by atoms with van der Waals surface area (Å²) in [6, 6.07) is 8.53. The first-order chi connectivity index (χ1) is 8.58. The van der Waals surface area contributed by atoms with Crippen molar-refractivity contribution >= 4 is 11.9 Å². The lowest BCUT2D eigenvalue weighted by Gasteiger charge is -2.20.